The van der Waals surface area contributed by atoms with Crippen molar-refractivity contribution in [3.8, 4) is 11.3 Å². The molecule has 0 aliphatic rings. The van der Waals surface area contributed by atoms with Crippen LogP contribution >= 0.6 is 11.3 Å². The normalized spacial score (nSPS) is 11.8. The van der Waals surface area contributed by atoms with E-state index in [-0.39, 0.29) is 31.6 Å². The average Bonchev–Trinajstić information content (AvgIpc) is 3.31. The first-order valence-electron chi connectivity index (χ1n) is 14.2. The van der Waals surface area contributed by atoms with Crippen LogP contribution in [0.15, 0.2) is 84.8 Å². The topological polar surface area (TPSA) is 50.2 Å². The van der Waals surface area contributed by atoms with Crippen molar-refractivity contribution in [2.45, 2.75) is 53.9 Å². The Morgan fingerprint density at radius 1 is 0.929 bits per heavy atom. The summed E-state index contributed by atoms with van der Waals surface area (Å²) in [5.41, 5.74) is 4.94. The standard InChI is InChI=1S/C32H28NS.C5H8O2.Ir/c1-19(2)16-23-9-7-11-26-27-14-15-33-30(32(27)34-31(23)26)24-17-22-13-12-21-8-5-6-10-25(21)29(22)28(18-24)20(3)4;1-4(6)3-5(2)7;/h5-15,18-20H,16H2,1-4H3;3,6H,1-2H3;/q-1;;/b;4-3-;. The van der Waals surface area contributed by atoms with Crippen molar-refractivity contribution in [3.63, 3.8) is 0 Å². The number of aliphatic hydroxyl groups is 1. The molecule has 0 spiro atoms. The first kappa shape index (κ1) is 31.6. The molecule has 0 aliphatic carbocycles. The monoisotopic (exact) mass is 751 g/mol. The third-order valence-electron chi connectivity index (χ3n) is 7.20. The Labute approximate surface area is 265 Å². The van der Waals surface area contributed by atoms with Crippen molar-refractivity contribution in [1.82, 2.24) is 4.98 Å². The van der Waals surface area contributed by atoms with E-state index in [0.717, 1.165) is 17.7 Å². The summed E-state index contributed by atoms with van der Waals surface area (Å²) in [6.07, 6.45) is 4.23. The molecule has 4 aromatic carbocycles. The summed E-state index contributed by atoms with van der Waals surface area (Å²) in [6, 6.07) is 28.1. The van der Waals surface area contributed by atoms with Gasteiger partial charge in [-0.3, -0.25) is 9.78 Å². The van der Waals surface area contributed by atoms with Crippen LogP contribution in [0.5, 0.6) is 0 Å². The van der Waals surface area contributed by atoms with Crippen LogP contribution in [0.3, 0.4) is 0 Å². The van der Waals surface area contributed by atoms with Crippen molar-refractivity contribution < 1.29 is 30.0 Å². The molecule has 6 aromatic rings. The molecule has 0 bridgehead atoms. The summed E-state index contributed by atoms with van der Waals surface area (Å²) >= 11 is 1.89. The maximum Gasteiger partial charge on any atom is 0.155 e. The number of aromatic nitrogens is 1. The summed E-state index contributed by atoms with van der Waals surface area (Å²) in [7, 11) is 0. The van der Waals surface area contributed by atoms with E-state index in [2.05, 4.69) is 100 Å². The number of ketones is 1. The number of allylic oxidation sites excluding steroid dienone is 2. The summed E-state index contributed by atoms with van der Waals surface area (Å²) in [4.78, 5) is 14.9. The second kappa shape index (κ2) is 13.3. The van der Waals surface area contributed by atoms with Gasteiger partial charge in [-0.2, -0.15) is 0 Å². The van der Waals surface area contributed by atoms with Crippen LogP contribution in [0, 0.1) is 12.0 Å². The third kappa shape index (κ3) is 6.49. The molecule has 0 fully saturated rings. The SMILES string of the molecule is CC(=O)/C=C(/C)O.CC(C)Cc1cccc2c1sc1c(-c3[c-]c4ccc5ccccc5c4c(C(C)C)c3)nccc12.[Ir]. The van der Waals surface area contributed by atoms with Gasteiger partial charge in [-0.05, 0) is 59.9 Å². The van der Waals surface area contributed by atoms with Crippen molar-refractivity contribution in [1.29, 1.82) is 0 Å². The molecule has 0 saturated carbocycles. The maximum atomic E-state index is 10.0. The Hall–Kier alpha value is -3.37. The van der Waals surface area contributed by atoms with Crippen molar-refractivity contribution in [3.05, 3.63) is 102 Å². The van der Waals surface area contributed by atoms with E-state index in [0.29, 0.717) is 11.8 Å². The van der Waals surface area contributed by atoms with Crippen molar-refractivity contribution in [2.24, 2.45) is 5.92 Å². The van der Waals surface area contributed by atoms with Crippen LogP contribution in [0.2, 0.25) is 0 Å². The van der Waals surface area contributed by atoms with Gasteiger partial charge in [-0.1, -0.05) is 87.2 Å². The minimum absolute atomic E-state index is 0. The van der Waals surface area contributed by atoms with Crippen LogP contribution in [0.25, 0.3) is 53.0 Å². The second-order valence-electron chi connectivity index (χ2n) is 11.4. The Balaban J connectivity index is 0.000000454. The number of pyridine rings is 1. The number of carbonyl (C=O) groups is 1. The fourth-order valence-corrected chi connectivity index (χ4v) is 6.87. The van der Waals surface area contributed by atoms with E-state index in [9.17, 15) is 4.79 Å². The van der Waals surface area contributed by atoms with Gasteiger partial charge < -0.3 is 5.11 Å². The van der Waals surface area contributed by atoms with Gasteiger partial charge in [-0.15, -0.1) is 40.5 Å². The zero-order valence-electron chi connectivity index (χ0n) is 24.9. The van der Waals surface area contributed by atoms with Gasteiger partial charge in [0.05, 0.1) is 5.76 Å². The van der Waals surface area contributed by atoms with E-state index in [1.54, 1.807) is 0 Å². The zero-order chi connectivity index (χ0) is 29.3. The minimum Gasteiger partial charge on any atom is -0.512 e. The van der Waals surface area contributed by atoms with E-state index in [1.807, 2.05) is 17.5 Å². The van der Waals surface area contributed by atoms with Crippen LogP contribution in [0.1, 0.15) is 58.6 Å². The molecule has 0 atom stereocenters. The fourth-order valence-electron chi connectivity index (χ4n) is 5.55. The Bertz CT molecular complexity index is 1930. The van der Waals surface area contributed by atoms with E-state index in [1.165, 1.54) is 72.8 Å². The van der Waals surface area contributed by atoms with Crippen molar-refractivity contribution >= 4 is 58.8 Å². The number of thiophene rings is 1. The Morgan fingerprint density at radius 3 is 2.31 bits per heavy atom. The molecule has 2 heterocycles. The molecule has 6 rings (SSSR count). The summed E-state index contributed by atoms with van der Waals surface area (Å²) in [5.74, 6) is 0.971. The van der Waals surface area contributed by atoms with Crippen LogP contribution in [-0.4, -0.2) is 15.9 Å². The quantitative estimate of drug-likeness (QED) is 0.0826. The van der Waals surface area contributed by atoms with Gasteiger partial charge in [0.15, 0.2) is 5.78 Å². The number of hydrogen-bond acceptors (Lipinski definition) is 4. The molecule has 1 N–H and O–H groups in total. The van der Waals surface area contributed by atoms with Gasteiger partial charge in [0.1, 0.15) is 0 Å². The van der Waals surface area contributed by atoms with Gasteiger partial charge in [0, 0.05) is 52.9 Å². The Morgan fingerprint density at radius 2 is 1.64 bits per heavy atom. The first-order chi connectivity index (χ1) is 19.6. The number of benzene rings is 4. The predicted molar refractivity (Wildman–Crippen MR) is 176 cm³/mol. The molecule has 3 nitrogen and oxygen atoms in total. The molecule has 0 amide bonds. The first-order valence-corrected chi connectivity index (χ1v) is 15.0. The third-order valence-corrected chi connectivity index (χ3v) is 8.50. The summed E-state index contributed by atoms with van der Waals surface area (Å²) in [5, 5.41) is 16.1. The van der Waals surface area contributed by atoms with Gasteiger partial charge >= 0.3 is 0 Å². The summed E-state index contributed by atoms with van der Waals surface area (Å²) < 4.78 is 2.66. The molecule has 5 heteroatoms. The smallest absolute Gasteiger partial charge is 0.155 e. The number of fused-ring (bicyclic) bond motifs is 6. The Kier molecular flexibility index (Phi) is 9.99. The maximum absolute atomic E-state index is 10.0. The molecule has 0 saturated heterocycles. The van der Waals surface area contributed by atoms with Gasteiger partial charge in [0.25, 0.3) is 0 Å². The van der Waals surface area contributed by atoms with E-state index in [4.69, 9.17) is 10.1 Å². The van der Waals surface area contributed by atoms with Crippen LogP contribution < -0.4 is 0 Å². The average molecular weight is 751 g/mol. The number of hydrogen-bond donors (Lipinski definition) is 1. The molecular formula is C37H36IrNO2S-. The molecule has 0 aliphatic heterocycles. The molecule has 2 aromatic heterocycles. The molecule has 0 unspecified atom stereocenters. The summed E-state index contributed by atoms with van der Waals surface area (Å²) in [6.45, 7) is 12.0. The van der Waals surface area contributed by atoms with Crippen LogP contribution in [-0.2, 0) is 31.3 Å². The largest absolute Gasteiger partial charge is 0.512 e. The predicted octanol–water partition coefficient (Wildman–Crippen LogP) is 10.6. The molecule has 217 valence electrons. The fraction of sp³-hybridized carbons (Fsp3) is 0.243. The molecule has 42 heavy (non-hydrogen) atoms. The van der Waals surface area contributed by atoms with Gasteiger partial charge in [-0.25, -0.2) is 0 Å². The van der Waals surface area contributed by atoms with Crippen molar-refractivity contribution in [2.75, 3.05) is 0 Å². The molecule has 1 radical (unpaired) electrons. The van der Waals surface area contributed by atoms with Gasteiger partial charge in [0.2, 0.25) is 0 Å². The minimum atomic E-state index is -0.125. The van der Waals surface area contributed by atoms with E-state index >= 15 is 0 Å². The number of rotatable bonds is 5. The molecular weight excluding hydrogens is 715 g/mol. The zero-order valence-corrected chi connectivity index (χ0v) is 28.1. The number of nitrogens with zero attached hydrogens (tertiary/aromatic N) is 1. The number of carbonyl (C=O) groups excluding carboxylic acids is 1. The van der Waals surface area contributed by atoms with Crippen LogP contribution in [0.4, 0.5) is 0 Å². The van der Waals surface area contributed by atoms with E-state index < -0.39 is 0 Å². The second-order valence-corrected chi connectivity index (χ2v) is 12.4. The number of aliphatic hydroxyl groups excluding tert-OH is 1.